The Bertz CT molecular complexity index is 1340. The van der Waals surface area contributed by atoms with Gasteiger partial charge in [0.2, 0.25) is 5.71 Å². The van der Waals surface area contributed by atoms with E-state index in [4.69, 9.17) is 13.9 Å². The minimum atomic E-state index is -0.126. The van der Waals surface area contributed by atoms with Crippen molar-refractivity contribution >= 4 is 22.9 Å². The van der Waals surface area contributed by atoms with Crippen LogP contribution in [0.1, 0.15) is 33.1 Å². The topological polar surface area (TPSA) is 111 Å². The van der Waals surface area contributed by atoms with Crippen molar-refractivity contribution < 1.29 is 18.7 Å². The Morgan fingerprint density at radius 3 is 2.21 bits per heavy atom. The van der Waals surface area contributed by atoms with Crippen LogP contribution >= 0.6 is 0 Å². The molecule has 2 amide bonds. The summed E-state index contributed by atoms with van der Waals surface area (Å²) in [6, 6.07) is 15.6. The van der Waals surface area contributed by atoms with Crippen LogP contribution in [-0.2, 0) is 0 Å². The molecule has 0 spiro atoms. The van der Waals surface area contributed by atoms with Gasteiger partial charge in [-0.15, -0.1) is 0 Å². The number of anilines is 1. The largest absolute Gasteiger partial charge is 0.497 e. The number of furan rings is 1. The van der Waals surface area contributed by atoms with Crippen LogP contribution in [0.2, 0.25) is 0 Å². The summed E-state index contributed by atoms with van der Waals surface area (Å²) in [5.74, 6) is 2.95. The van der Waals surface area contributed by atoms with Gasteiger partial charge in [0.05, 0.1) is 19.6 Å². The van der Waals surface area contributed by atoms with Crippen LogP contribution in [0.5, 0.6) is 11.5 Å². The van der Waals surface area contributed by atoms with Gasteiger partial charge in [0, 0.05) is 30.3 Å². The Labute approximate surface area is 223 Å². The molecule has 200 valence electrons. The smallest absolute Gasteiger partial charge is 0.314 e. The van der Waals surface area contributed by atoms with Crippen molar-refractivity contribution in [3.05, 3.63) is 54.9 Å². The molecule has 9 nitrogen and oxygen atoms in total. The van der Waals surface area contributed by atoms with Crippen molar-refractivity contribution in [3.63, 3.8) is 0 Å². The molecule has 0 saturated heterocycles. The Morgan fingerprint density at radius 2 is 1.61 bits per heavy atom. The number of amides is 2. The van der Waals surface area contributed by atoms with Crippen LogP contribution in [-0.4, -0.2) is 49.4 Å². The molecule has 9 heteroatoms. The van der Waals surface area contributed by atoms with E-state index >= 15 is 0 Å². The van der Waals surface area contributed by atoms with Gasteiger partial charge in [-0.1, -0.05) is 19.1 Å². The number of nitrogens with one attached hydrogen (secondary N) is 3. The van der Waals surface area contributed by atoms with Crippen LogP contribution in [0, 0.1) is 0 Å². The van der Waals surface area contributed by atoms with E-state index in [9.17, 15) is 4.79 Å². The highest BCUT2D eigenvalue weighted by Gasteiger charge is 2.22. The predicted octanol–water partition coefficient (Wildman–Crippen LogP) is 5.86. The summed E-state index contributed by atoms with van der Waals surface area (Å²) in [5, 5.41) is 10.1. The normalized spacial score (nSPS) is 11.7. The number of hydrogen-bond acceptors (Lipinski definition) is 7. The summed E-state index contributed by atoms with van der Waals surface area (Å²) in [6.07, 6.45) is 4.08. The molecule has 4 rings (SSSR count). The lowest BCUT2D eigenvalue weighted by molar-refractivity contribution is 0.236. The number of benzene rings is 2. The van der Waals surface area contributed by atoms with Gasteiger partial charge >= 0.3 is 6.03 Å². The third-order valence-corrected chi connectivity index (χ3v) is 6.41. The minimum absolute atomic E-state index is 0.110. The van der Waals surface area contributed by atoms with Gasteiger partial charge in [-0.25, -0.2) is 14.8 Å². The Kier molecular flexibility index (Phi) is 9.02. The average molecular weight is 518 g/mol. The summed E-state index contributed by atoms with van der Waals surface area (Å²) in [7, 11) is 3.29. The Hall–Kier alpha value is -4.27. The zero-order chi connectivity index (χ0) is 26.9. The zero-order valence-corrected chi connectivity index (χ0v) is 22.3. The molecule has 0 fully saturated rings. The molecule has 1 atom stereocenters. The van der Waals surface area contributed by atoms with Gasteiger partial charge in [-0.05, 0) is 68.1 Å². The molecule has 0 unspecified atom stereocenters. The molecule has 4 aromatic rings. The Morgan fingerprint density at radius 1 is 0.947 bits per heavy atom. The fourth-order valence-corrected chi connectivity index (χ4v) is 4.38. The third kappa shape index (κ3) is 6.16. The van der Waals surface area contributed by atoms with E-state index in [1.165, 1.54) is 6.33 Å². The molecule has 0 aliphatic heterocycles. The van der Waals surface area contributed by atoms with Crippen molar-refractivity contribution in [2.45, 2.75) is 39.2 Å². The summed E-state index contributed by atoms with van der Waals surface area (Å²) < 4.78 is 17.0. The molecule has 2 aromatic carbocycles. The number of nitrogens with zero attached hydrogens (tertiary/aromatic N) is 2. The number of fused-ring (bicyclic) bond motifs is 1. The first-order valence-corrected chi connectivity index (χ1v) is 12.9. The van der Waals surface area contributed by atoms with E-state index in [1.807, 2.05) is 55.5 Å². The SMILES string of the molecule is CCNC(=O)N[C@H](CC)CCCNc1ncnc2oc(-c3ccc(OC)cc3)c(-c3ccc(OC)cc3)c12. The molecule has 0 aliphatic rings. The molecule has 3 N–H and O–H groups in total. The highest BCUT2D eigenvalue weighted by molar-refractivity contribution is 6.05. The number of rotatable bonds is 12. The second-order valence-electron chi connectivity index (χ2n) is 8.84. The van der Waals surface area contributed by atoms with Gasteiger partial charge in [-0.2, -0.15) is 0 Å². The van der Waals surface area contributed by atoms with Crippen LogP contribution in [0.15, 0.2) is 59.3 Å². The van der Waals surface area contributed by atoms with Crippen molar-refractivity contribution in [2.24, 2.45) is 0 Å². The van der Waals surface area contributed by atoms with Crippen LogP contribution in [0.4, 0.5) is 10.6 Å². The van der Waals surface area contributed by atoms with Gasteiger partial charge in [-0.3, -0.25) is 0 Å². The lowest BCUT2D eigenvalue weighted by atomic mass is 9.99. The maximum absolute atomic E-state index is 11.9. The molecule has 0 bridgehead atoms. The zero-order valence-electron chi connectivity index (χ0n) is 22.3. The fourth-order valence-electron chi connectivity index (χ4n) is 4.38. The number of hydrogen-bond donors (Lipinski definition) is 3. The third-order valence-electron chi connectivity index (χ3n) is 6.41. The summed E-state index contributed by atoms with van der Waals surface area (Å²) in [6.45, 7) is 5.27. The molecular weight excluding hydrogens is 482 g/mol. The summed E-state index contributed by atoms with van der Waals surface area (Å²) in [5.41, 5.74) is 3.27. The molecule has 2 heterocycles. The lowest BCUT2D eigenvalue weighted by Gasteiger charge is -2.17. The molecule has 2 aromatic heterocycles. The van der Waals surface area contributed by atoms with E-state index in [2.05, 4.69) is 32.8 Å². The van der Waals surface area contributed by atoms with Gasteiger partial charge < -0.3 is 29.8 Å². The summed E-state index contributed by atoms with van der Waals surface area (Å²) in [4.78, 5) is 20.9. The van der Waals surface area contributed by atoms with E-state index in [0.717, 1.165) is 52.8 Å². The molecule has 0 aliphatic carbocycles. The Balaban J connectivity index is 1.63. The van der Waals surface area contributed by atoms with E-state index in [1.54, 1.807) is 14.2 Å². The van der Waals surface area contributed by atoms with Crippen LogP contribution < -0.4 is 25.4 Å². The maximum atomic E-state index is 11.9. The predicted molar refractivity (Wildman–Crippen MR) is 150 cm³/mol. The summed E-state index contributed by atoms with van der Waals surface area (Å²) >= 11 is 0. The van der Waals surface area contributed by atoms with Crippen molar-refractivity contribution in [1.29, 1.82) is 0 Å². The molecule has 0 radical (unpaired) electrons. The number of ether oxygens (including phenoxy) is 2. The lowest BCUT2D eigenvalue weighted by Crippen LogP contribution is -2.41. The van der Waals surface area contributed by atoms with Crippen LogP contribution in [0.3, 0.4) is 0 Å². The molecule has 38 heavy (non-hydrogen) atoms. The minimum Gasteiger partial charge on any atom is -0.497 e. The van der Waals surface area contributed by atoms with Gasteiger partial charge in [0.25, 0.3) is 0 Å². The second kappa shape index (κ2) is 12.8. The number of methoxy groups -OCH3 is 2. The highest BCUT2D eigenvalue weighted by atomic mass is 16.5. The van der Waals surface area contributed by atoms with Crippen molar-refractivity contribution in [1.82, 2.24) is 20.6 Å². The van der Waals surface area contributed by atoms with E-state index in [0.29, 0.717) is 30.4 Å². The van der Waals surface area contributed by atoms with E-state index < -0.39 is 0 Å². The number of carbonyl (C=O) groups excluding carboxylic acids is 1. The number of urea groups is 1. The fraction of sp³-hybridized carbons (Fsp3) is 0.345. The van der Waals surface area contributed by atoms with Gasteiger partial charge in [0.1, 0.15) is 29.4 Å². The van der Waals surface area contributed by atoms with Crippen molar-refractivity contribution in [3.8, 4) is 33.9 Å². The standard InChI is InChI=1S/C29H35N5O4/c1-5-21(34-29(35)30-6-2)8-7-17-31-27-25-24(19-9-13-22(36-3)14-10-19)26(38-28(25)33-18-32-27)20-11-15-23(37-4)16-12-20/h9-16,18,21H,5-8,17H2,1-4H3,(H2,30,34,35)(H,31,32,33)/t21-/m1/s1. The van der Waals surface area contributed by atoms with E-state index in [-0.39, 0.29) is 12.1 Å². The number of carbonyl (C=O) groups is 1. The highest BCUT2D eigenvalue weighted by Crippen LogP contribution is 2.43. The molecular formula is C29H35N5O4. The first kappa shape index (κ1) is 26.8. The second-order valence-corrected chi connectivity index (χ2v) is 8.84. The van der Waals surface area contributed by atoms with Crippen molar-refractivity contribution in [2.75, 3.05) is 32.6 Å². The monoisotopic (exact) mass is 517 g/mol. The first-order chi connectivity index (χ1) is 18.6. The molecule has 0 saturated carbocycles. The quantitative estimate of drug-likeness (QED) is 0.202. The van der Waals surface area contributed by atoms with Crippen LogP contribution in [0.25, 0.3) is 33.6 Å². The number of aromatic nitrogens is 2. The first-order valence-electron chi connectivity index (χ1n) is 12.9. The maximum Gasteiger partial charge on any atom is 0.314 e. The average Bonchev–Trinajstić information content (AvgIpc) is 3.35. The van der Waals surface area contributed by atoms with Gasteiger partial charge in [0.15, 0.2) is 0 Å².